The molecular weight excluding hydrogens is 511 g/mol. The van der Waals surface area contributed by atoms with Crippen molar-refractivity contribution in [1.29, 1.82) is 0 Å². The maximum atomic E-state index is 13.1. The third kappa shape index (κ3) is 4.90. The number of nitrogens with zero attached hydrogens (tertiary/aromatic N) is 5. The summed E-state index contributed by atoms with van der Waals surface area (Å²) in [4.78, 5) is 27.6. The van der Waals surface area contributed by atoms with Gasteiger partial charge >= 0.3 is 0 Å². The Hall–Kier alpha value is -2.05. The number of fused-ring (bicyclic) bond motifs is 1. The first-order chi connectivity index (χ1) is 15.1. The number of rotatable bonds is 8. The van der Waals surface area contributed by atoms with Crippen LogP contribution in [-0.4, -0.2) is 69.1 Å². The van der Waals surface area contributed by atoms with E-state index in [4.69, 9.17) is 19.6 Å². The fourth-order valence-corrected chi connectivity index (χ4v) is 4.10. The number of hydrogen-bond acceptors (Lipinski definition) is 7. The first kappa shape index (κ1) is 22.2. The van der Waals surface area contributed by atoms with Crippen LogP contribution in [0.25, 0.3) is 22.4 Å². The van der Waals surface area contributed by atoms with E-state index in [-0.39, 0.29) is 5.56 Å². The van der Waals surface area contributed by atoms with Crippen molar-refractivity contribution in [2.75, 3.05) is 39.5 Å². The van der Waals surface area contributed by atoms with Gasteiger partial charge in [0.15, 0.2) is 5.52 Å². The summed E-state index contributed by atoms with van der Waals surface area (Å²) in [5.41, 5.74) is 2.46. The third-order valence-electron chi connectivity index (χ3n) is 5.25. The Morgan fingerprint density at radius 3 is 2.81 bits per heavy atom. The highest BCUT2D eigenvalue weighted by atomic mass is 127. The summed E-state index contributed by atoms with van der Waals surface area (Å²) in [7, 11) is 0. The van der Waals surface area contributed by atoms with Crippen molar-refractivity contribution in [2.24, 2.45) is 0 Å². The number of aromatic nitrogens is 5. The van der Waals surface area contributed by atoms with Gasteiger partial charge in [-0.1, -0.05) is 13.8 Å². The second kappa shape index (κ2) is 10.0. The van der Waals surface area contributed by atoms with Crippen LogP contribution in [0.2, 0.25) is 0 Å². The number of aromatic amines is 1. The van der Waals surface area contributed by atoms with E-state index in [0.29, 0.717) is 47.9 Å². The summed E-state index contributed by atoms with van der Waals surface area (Å²) >= 11 is 2.20. The summed E-state index contributed by atoms with van der Waals surface area (Å²) in [5.74, 6) is 0.930. The number of H-pyrrole nitrogens is 1. The molecule has 0 amide bonds. The minimum absolute atomic E-state index is 0.200. The van der Waals surface area contributed by atoms with Crippen LogP contribution in [0, 0.1) is 3.57 Å². The topological polar surface area (TPSA) is 98.2 Å². The molecule has 1 N–H and O–H groups in total. The van der Waals surface area contributed by atoms with E-state index < -0.39 is 0 Å². The zero-order chi connectivity index (χ0) is 21.8. The van der Waals surface area contributed by atoms with Crippen LogP contribution in [0.1, 0.15) is 26.0 Å². The van der Waals surface area contributed by atoms with Gasteiger partial charge in [-0.15, -0.1) is 0 Å². The standard InChI is InChI=1S/C21H27IN6O3/c1-3-9-31-21-15(12-14(22)13-23-21)19-24-17-16(4-2)26-28(18(17)20(29)25-19)6-5-27-7-10-30-11-8-27/h12-13H,3-11H2,1-2H3,(H,24,25,29). The molecule has 0 unspecified atom stereocenters. The Morgan fingerprint density at radius 2 is 2.06 bits per heavy atom. The summed E-state index contributed by atoms with van der Waals surface area (Å²) in [6.45, 7) is 9.37. The summed E-state index contributed by atoms with van der Waals surface area (Å²) in [6, 6.07) is 1.93. The molecule has 0 aliphatic carbocycles. The van der Waals surface area contributed by atoms with Crippen molar-refractivity contribution in [3.8, 4) is 17.3 Å². The molecular formula is C21H27IN6O3. The highest BCUT2D eigenvalue weighted by Crippen LogP contribution is 2.28. The molecule has 4 rings (SSSR count). The molecule has 4 heterocycles. The summed E-state index contributed by atoms with van der Waals surface area (Å²) in [5, 5.41) is 4.71. The highest BCUT2D eigenvalue weighted by molar-refractivity contribution is 14.1. The normalized spacial score (nSPS) is 14.9. The van der Waals surface area contributed by atoms with Crippen molar-refractivity contribution in [1.82, 2.24) is 29.6 Å². The number of halogens is 1. The van der Waals surface area contributed by atoms with Crippen LogP contribution in [0.3, 0.4) is 0 Å². The van der Waals surface area contributed by atoms with Crippen molar-refractivity contribution >= 4 is 33.6 Å². The molecule has 0 aromatic carbocycles. The second-order valence-electron chi connectivity index (χ2n) is 7.44. The Bertz CT molecular complexity index is 1110. The lowest BCUT2D eigenvalue weighted by Crippen LogP contribution is -2.38. The largest absolute Gasteiger partial charge is 0.477 e. The molecule has 1 fully saturated rings. The molecule has 1 aliphatic heterocycles. The molecule has 31 heavy (non-hydrogen) atoms. The van der Waals surface area contributed by atoms with Crippen molar-refractivity contribution in [2.45, 2.75) is 33.2 Å². The Kier molecular flexibility index (Phi) is 7.18. The maximum absolute atomic E-state index is 13.1. The quantitative estimate of drug-likeness (QED) is 0.440. The van der Waals surface area contributed by atoms with E-state index in [9.17, 15) is 4.79 Å². The molecule has 1 saturated heterocycles. The highest BCUT2D eigenvalue weighted by Gasteiger charge is 2.20. The van der Waals surface area contributed by atoms with Crippen molar-refractivity contribution in [3.05, 3.63) is 31.9 Å². The molecule has 166 valence electrons. The Labute approximate surface area is 194 Å². The van der Waals surface area contributed by atoms with Gasteiger partial charge in [-0.25, -0.2) is 9.97 Å². The van der Waals surface area contributed by atoms with Crippen LogP contribution < -0.4 is 10.3 Å². The molecule has 10 heteroatoms. The molecule has 3 aromatic heterocycles. The zero-order valence-electron chi connectivity index (χ0n) is 17.9. The first-order valence-electron chi connectivity index (χ1n) is 10.7. The molecule has 0 spiro atoms. The SMILES string of the molecule is CCCOc1ncc(I)cc1-c1nc2c(CC)nn(CCN3CCOCC3)c2c(=O)[nH]1. The fourth-order valence-electron chi connectivity index (χ4n) is 3.65. The van der Waals surface area contributed by atoms with Crippen LogP contribution in [-0.2, 0) is 17.7 Å². The number of pyridine rings is 1. The van der Waals surface area contributed by atoms with Gasteiger partial charge in [0, 0.05) is 29.4 Å². The third-order valence-corrected chi connectivity index (χ3v) is 5.84. The molecule has 3 aromatic rings. The van der Waals surface area contributed by atoms with Gasteiger partial charge in [0.1, 0.15) is 11.3 Å². The minimum atomic E-state index is -0.200. The van der Waals surface area contributed by atoms with Crippen molar-refractivity contribution in [3.63, 3.8) is 0 Å². The molecule has 0 bridgehead atoms. The van der Waals surface area contributed by atoms with Gasteiger partial charge in [-0.2, -0.15) is 5.10 Å². The van der Waals surface area contributed by atoms with Crippen LogP contribution in [0.15, 0.2) is 17.1 Å². The van der Waals surface area contributed by atoms with E-state index in [1.807, 2.05) is 19.9 Å². The van der Waals surface area contributed by atoms with E-state index in [1.54, 1.807) is 10.9 Å². The molecule has 0 saturated carbocycles. The van der Waals surface area contributed by atoms with E-state index in [0.717, 1.165) is 48.5 Å². The average Bonchev–Trinajstić information content (AvgIpc) is 3.15. The number of nitrogens with one attached hydrogen (secondary N) is 1. The maximum Gasteiger partial charge on any atom is 0.277 e. The smallest absolute Gasteiger partial charge is 0.277 e. The van der Waals surface area contributed by atoms with Crippen LogP contribution in [0.5, 0.6) is 5.88 Å². The zero-order valence-corrected chi connectivity index (χ0v) is 20.0. The number of hydrogen-bond donors (Lipinski definition) is 1. The predicted molar refractivity (Wildman–Crippen MR) is 127 cm³/mol. The Morgan fingerprint density at radius 1 is 1.26 bits per heavy atom. The fraction of sp³-hybridized carbons (Fsp3) is 0.524. The van der Waals surface area contributed by atoms with Gasteiger partial charge in [-0.05, 0) is 41.5 Å². The van der Waals surface area contributed by atoms with Gasteiger partial charge < -0.3 is 14.5 Å². The van der Waals surface area contributed by atoms with Gasteiger partial charge in [-0.3, -0.25) is 14.4 Å². The van der Waals surface area contributed by atoms with E-state index in [1.165, 1.54) is 0 Å². The number of morpholine rings is 1. The lowest BCUT2D eigenvalue weighted by Gasteiger charge is -2.26. The van der Waals surface area contributed by atoms with E-state index in [2.05, 4.69) is 37.5 Å². The van der Waals surface area contributed by atoms with E-state index >= 15 is 0 Å². The van der Waals surface area contributed by atoms with Gasteiger partial charge in [0.05, 0.1) is 37.6 Å². The summed E-state index contributed by atoms with van der Waals surface area (Å²) < 4.78 is 14.0. The first-order valence-corrected chi connectivity index (χ1v) is 11.8. The lowest BCUT2D eigenvalue weighted by atomic mass is 10.2. The molecule has 1 aliphatic rings. The average molecular weight is 538 g/mol. The lowest BCUT2D eigenvalue weighted by molar-refractivity contribution is 0.0361. The Balaban J connectivity index is 1.72. The second-order valence-corrected chi connectivity index (χ2v) is 8.69. The van der Waals surface area contributed by atoms with Gasteiger partial charge in [0.2, 0.25) is 5.88 Å². The van der Waals surface area contributed by atoms with Crippen LogP contribution in [0.4, 0.5) is 0 Å². The predicted octanol–water partition coefficient (Wildman–Crippen LogP) is 2.47. The van der Waals surface area contributed by atoms with Crippen LogP contribution >= 0.6 is 22.6 Å². The van der Waals surface area contributed by atoms with Crippen molar-refractivity contribution < 1.29 is 9.47 Å². The summed E-state index contributed by atoms with van der Waals surface area (Å²) in [6.07, 6.45) is 3.31. The number of ether oxygens (including phenoxy) is 2. The molecule has 0 atom stereocenters. The van der Waals surface area contributed by atoms with Gasteiger partial charge in [0.25, 0.3) is 5.56 Å². The minimum Gasteiger partial charge on any atom is -0.477 e. The molecule has 9 nitrogen and oxygen atoms in total. The monoisotopic (exact) mass is 538 g/mol. The molecule has 0 radical (unpaired) electrons. The number of aryl methyl sites for hydroxylation is 1.